The number of rotatable bonds is 4. The normalized spacial score (nSPS) is 18.6. The number of likely N-dealkylation sites (tertiary alicyclic amines) is 1. The van der Waals surface area contributed by atoms with Crippen LogP contribution in [0.25, 0.3) is 5.57 Å². The summed E-state index contributed by atoms with van der Waals surface area (Å²) in [6, 6.07) is 6.71. The average Bonchev–Trinajstić information content (AvgIpc) is 2.46. The number of hydrogen-bond acceptors (Lipinski definition) is 2. The highest BCUT2D eigenvalue weighted by molar-refractivity contribution is 5.66. The lowest BCUT2D eigenvalue weighted by atomic mass is 9.86. The van der Waals surface area contributed by atoms with Crippen molar-refractivity contribution >= 4 is 5.57 Å². The van der Waals surface area contributed by atoms with Gasteiger partial charge in [-0.3, -0.25) is 0 Å². The first kappa shape index (κ1) is 14.1. The van der Waals surface area contributed by atoms with Crippen molar-refractivity contribution in [3.8, 4) is 0 Å². The highest BCUT2D eigenvalue weighted by Crippen LogP contribution is 2.31. The van der Waals surface area contributed by atoms with Gasteiger partial charge in [-0.2, -0.15) is 0 Å². The molecular weight excluding hydrogens is 241 g/mol. The lowest BCUT2D eigenvalue weighted by molar-refractivity contribution is 0.214. The summed E-state index contributed by atoms with van der Waals surface area (Å²) in [7, 11) is 1.67. The van der Waals surface area contributed by atoms with Crippen LogP contribution < -0.4 is 0 Å². The Labute approximate surface area is 114 Å². The molecule has 0 unspecified atom stereocenters. The van der Waals surface area contributed by atoms with Gasteiger partial charge in [-0.1, -0.05) is 19.1 Å². The van der Waals surface area contributed by atoms with E-state index < -0.39 is 0 Å². The molecule has 2 rings (SSSR count). The summed E-state index contributed by atoms with van der Waals surface area (Å²) >= 11 is 0. The van der Waals surface area contributed by atoms with Gasteiger partial charge in [0.25, 0.3) is 0 Å². The molecule has 1 aliphatic rings. The van der Waals surface area contributed by atoms with Crippen LogP contribution in [0.15, 0.2) is 30.5 Å². The van der Waals surface area contributed by atoms with Crippen LogP contribution in [0.2, 0.25) is 0 Å². The van der Waals surface area contributed by atoms with E-state index in [4.69, 9.17) is 4.74 Å². The summed E-state index contributed by atoms with van der Waals surface area (Å²) in [5.74, 6) is 0.314. The minimum Gasteiger partial charge on any atom is -0.504 e. The van der Waals surface area contributed by atoms with E-state index in [2.05, 4.69) is 11.8 Å². The van der Waals surface area contributed by atoms with Crippen LogP contribution in [0.4, 0.5) is 4.39 Å². The smallest absolute Gasteiger partial charge is 0.123 e. The molecule has 19 heavy (non-hydrogen) atoms. The Balaban J connectivity index is 2.13. The van der Waals surface area contributed by atoms with Gasteiger partial charge in [0.1, 0.15) is 5.82 Å². The van der Waals surface area contributed by atoms with Crippen LogP contribution in [0.5, 0.6) is 0 Å². The second-order valence-corrected chi connectivity index (χ2v) is 5.02. The molecule has 0 saturated carbocycles. The number of ether oxygens (including phenoxy) is 1. The van der Waals surface area contributed by atoms with Crippen molar-refractivity contribution in [1.29, 1.82) is 0 Å². The van der Waals surface area contributed by atoms with E-state index in [1.165, 1.54) is 17.7 Å². The monoisotopic (exact) mass is 263 g/mol. The first-order valence-corrected chi connectivity index (χ1v) is 6.95. The molecule has 0 aromatic heterocycles. The molecule has 1 aromatic rings. The van der Waals surface area contributed by atoms with E-state index in [-0.39, 0.29) is 5.82 Å². The fourth-order valence-corrected chi connectivity index (χ4v) is 2.73. The first-order valence-electron chi connectivity index (χ1n) is 6.95. The van der Waals surface area contributed by atoms with Gasteiger partial charge < -0.3 is 9.64 Å². The average molecular weight is 263 g/mol. The predicted octanol–water partition coefficient (Wildman–Crippen LogP) is 3.54. The van der Waals surface area contributed by atoms with Crippen molar-refractivity contribution in [1.82, 2.24) is 4.90 Å². The van der Waals surface area contributed by atoms with E-state index >= 15 is 0 Å². The molecule has 0 N–H and O–H groups in total. The van der Waals surface area contributed by atoms with Gasteiger partial charge in [0.15, 0.2) is 0 Å². The molecule has 0 spiro atoms. The molecule has 0 atom stereocenters. The molecule has 0 radical (unpaired) electrons. The third-order valence-corrected chi connectivity index (χ3v) is 3.90. The molecular formula is C16H22FNO. The third kappa shape index (κ3) is 3.57. The van der Waals surface area contributed by atoms with Crippen molar-refractivity contribution < 1.29 is 9.13 Å². The second kappa shape index (κ2) is 6.71. The van der Waals surface area contributed by atoms with E-state index in [1.54, 1.807) is 7.11 Å². The minimum absolute atomic E-state index is 0.193. The van der Waals surface area contributed by atoms with Crippen LogP contribution in [-0.2, 0) is 4.74 Å². The maximum absolute atomic E-state index is 13.0. The van der Waals surface area contributed by atoms with E-state index in [1.807, 2.05) is 18.4 Å². The number of allylic oxidation sites excluding steroid dienone is 1. The molecule has 1 heterocycles. The second-order valence-electron chi connectivity index (χ2n) is 5.02. The lowest BCUT2D eigenvalue weighted by Gasteiger charge is -2.32. The summed E-state index contributed by atoms with van der Waals surface area (Å²) in [5.41, 5.74) is 2.26. The lowest BCUT2D eigenvalue weighted by Crippen LogP contribution is -2.33. The molecule has 104 valence electrons. The van der Waals surface area contributed by atoms with Gasteiger partial charge in [-0.15, -0.1) is 0 Å². The quantitative estimate of drug-likeness (QED) is 0.770. The largest absolute Gasteiger partial charge is 0.504 e. The highest BCUT2D eigenvalue weighted by Gasteiger charge is 2.22. The summed E-state index contributed by atoms with van der Waals surface area (Å²) in [6.07, 6.45) is 4.10. The Morgan fingerprint density at radius 3 is 2.47 bits per heavy atom. The number of halogens is 1. The van der Waals surface area contributed by atoms with Gasteiger partial charge in [0.2, 0.25) is 0 Å². The van der Waals surface area contributed by atoms with Gasteiger partial charge in [-0.05, 0) is 61.7 Å². The number of nitrogens with zero attached hydrogens (tertiary/aromatic N) is 1. The molecule has 3 heteroatoms. The zero-order chi connectivity index (χ0) is 13.7. The molecule has 0 bridgehead atoms. The zero-order valence-corrected chi connectivity index (χ0v) is 11.7. The fraction of sp³-hybridized carbons (Fsp3) is 0.500. The van der Waals surface area contributed by atoms with Gasteiger partial charge >= 0.3 is 0 Å². The first-order chi connectivity index (χ1) is 9.24. The maximum atomic E-state index is 13.0. The molecule has 1 aliphatic heterocycles. The molecule has 1 saturated heterocycles. The topological polar surface area (TPSA) is 12.5 Å². The van der Waals surface area contributed by atoms with Crippen molar-refractivity contribution in [3.05, 3.63) is 41.9 Å². The Morgan fingerprint density at radius 2 is 1.95 bits per heavy atom. The molecule has 0 amide bonds. The van der Waals surface area contributed by atoms with E-state index in [0.717, 1.165) is 38.0 Å². The number of piperidine rings is 1. The Bertz CT molecular complexity index is 419. The van der Waals surface area contributed by atoms with Gasteiger partial charge in [0, 0.05) is 0 Å². The van der Waals surface area contributed by atoms with Gasteiger partial charge in [0.05, 0.1) is 13.4 Å². The molecule has 1 aromatic carbocycles. The van der Waals surface area contributed by atoms with Gasteiger partial charge in [-0.25, -0.2) is 4.39 Å². The maximum Gasteiger partial charge on any atom is 0.123 e. The predicted molar refractivity (Wildman–Crippen MR) is 76.2 cm³/mol. The van der Waals surface area contributed by atoms with E-state index in [0.29, 0.717) is 5.92 Å². The van der Waals surface area contributed by atoms with E-state index in [9.17, 15) is 4.39 Å². The molecule has 0 aliphatic carbocycles. The van der Waals surface area contributed by atoms with Crippen molar-refractivity contribution in [2.24, 2.45) is 5.92 Å². The Morgan fingerprint density at radius 1 is 1.32 bits per heavy atom. The van der Waals surface area contributed by atoms with Crippen molar-refractivity contribution in [2.75, 3.05) is 26.7 Å². The Kier molecular flexibility index (Phi) is 4.97. The minimum atomic E-state index is -0.193. The summed E-state index contributed by atoms with van der Waals surface area (Å²) in [5, 5.41) is 0. The van der Waals surface area contributed by atoms with Crippen LogP contribution in [0.3, 0.4) is 0 Å². The Hall–Kier alpha value is -1.35. The van der Waals surface area contributed by atoms with Crippen LogP contribution in [-0.4, -0.2) is 31.6 Å². The highest BCUT2D eigenvalue weighted by atomic mass is 19.1. The summed E-state index contributed by atoms with van der Waals surface area (Å²) in [6.45, 7) is 5.58. The molecule has 2 nitrogen and oxygen atoms in total. The molecule has 1 fully saturated rings. The summed E-state index contributed by atoms with van der Waals surface area (Å²) < 4.78 is 18.2. The number of benzene rings is 1. The zero-order valence-electron chi connectivity index (χ0n) is 11.7. The van der Waals surface area contributed by atoms with Crippen LogP contribution >= 0.6 is 0 Å². The fourth-order valence-electron chi connectivity index (χ4n) is 2.73. The number of methoxy groups -OCH3 is 1. The van der Waals surface area contributed by atoms with Crippen LogP contribution in [0.1, 0.15) is 25.3 Å². The van der Waals surface area contributed by atoms with Crippen LogP contribution in [0, 0.1) is 11.7 Å². The standard InChI is InChI=1S/C16H22FNO/c1-3-18-10-8-14(9-11-18)16(12-19-2)13-4-6-15(17)7-5-13/h4-7,12,14H,3,8-11H2,1-2H3/b16-12+. The van der Waals surface area contributed by atoms with Crippen molar-refractivity contribution in [2.45, 2.75) is 19.8 Å². The third-order valence-electron chi connectivity index (χ3n) is 3.90. The summed E-state index contributed by atoms with van der Waals surface area (Å²) in [4.78, 5) is 2.46. The van der Waals surface area contributed by atoms with Crippen molar-refractivity contribution in [3.63, 3.8) is 0 Å². The SMILES string of the molecule is CCN1CCC(/C(=C/OC)c2ccc(F)cc2)CC1. The number of hydrogen-bond donors (Lipinski definition) is 0.